The summed E-state index contributed by atoms with van der Waals surface area (Å²) in [6.45, 7) is 1.43. The van der Waals surface area contributed by atoms with Crippen LogP contribution < -0.4 is 0 Å². The Bertz CT molecular complexity index is 1050. The molecule has 3 aromatic rings. The van der Waals surface area contributed by atoms with Crippen molar-refractivity contribution in [1.29, 1.82) is 0 Å². The van der Waals surface area contributed by atoms with Crippen molar-refractivity contribution in [2.75, 3.05) is 6.61 Å². The van der Waals surface area contributed by atoms with Gasteiger partial charge in [0.05, 0.1) is 4.92 Å². The highest BCUT2D eigenvalue weighted by atomic mass is 16.6. The van der Waals surface area contributed by atoms with Gasteiger partial charge in [-0.1, -0.05) is 18.2 Å². The number of rotatable bonds is 6. The average molecular weight is 364 g/mol. The zero-order valence-electron chi connectivity index (χ0n) is 14.5. The van der Waals surface area contributed by atoms with Crippen LogP contribution in [0.2, 0.25) is 0 Å². The first-order valence-corrected chi connectivity index (χ1v) is 8.15. The Hall–Kier alpha value is -3.74. The molecule has 0 saturated carbocycles. The predicted octanol–water partition coefficient (Wildman–Crippen LogP) is 3.82. The van der Waals surface area contributed by atoms with Crippen LogP contribution in [-0.2, 0) is 9.53 Å². The summed E-state index contributed by atoms with van der Waals surface area (Å²) in [7, 11) is 0. The molecule has 136 valence electrons. The minimum atomic E-state index is -0.667. The molecular weight excluding hydrogens is 348 g/mol. The fourth-order valence-corrected chi connectivity index (χ4v) is 2.76. The lowest BCUT2D eigenvalue weighted by Gasteiger charge is -2.02. The van der Waals surface area contributed by atoms with Crippen molar-refractivity contribution in [1.82, 2.24) is 4.98 Å². The number of esters is 1. The van der Waals surface area contributed by atoms with E-state index in [1.54, 1.807) is 6.92 Å². The number of aromatic nitrogens is 1. The van der Waals surface area contributed by atoms with E-state index in [1.807, 2.05) is 24.3 Å². The number of nitrogens with one attached hydrogen (secondary N) is 1. The van der Waals surface area contributed by atoms with Crippen LogP contribution in [0, 0.1) is 17.0 Å². The predicted molar refractivity (Wildman–Crippen MR) is 100 cm³/mol. The number of fused-ring (bicyclic) bond motifs is 1. The molecule has 0 fully saturated rings. The maximum Gasteiger partial charge on any atom is 0.331 e. The SMILES string of the molecule is Cc1[nH]c2ccccc2c1C(=O)COC(=O)/C=C/c1ccc([N+](=O)[O-])cc1. The zero-order chi connectivity index (χ0) is 19.4. The number of nitro groups is 1. The summed E-state index contributed by atoms with van der Waals surface area (Å²) in [6, 6.07) is 13.1. The van der Waals surface area contributed by atoms with E-state index < -0.39 is 10.9 Å². The molecule has 1 heterocycles. The maximum atomic E-state index is 12.4. The quantitative estimate of drug-likeness (QED) is 0.235. The highest BCUT2D eigenvalue weighted by Crippen LogP contribution is 2.22. The average Bonchev–Trinajstić information content (AvgIpc) is 3.00. The number of H-pyrrole nitrogens is 1. The topological polar surface area (TPSA) is 102 Å². The Morgan fingerprint density at radius 1 is 1.15 bits per heavy atom. The molecule has 27 heavy (non-hydrogen) atoms. The zero-order valence-corrected chi connectivity index (χ0v) is 14.5. The van der Waals surface area contributed by atoms with Crippen LogP contribution in [-0.4, -0.2) is 28.3 Å². The van der Waals surface area contributed by atoms with Crippen LogP contribution in [0.15, 0.2) is 54.6 Å². The summed E-state index contributed by atoms with van der Waals surface area (Å²) in [6.07, 6.45) is 2.64. The third-order valence-corrected chi connectivity index (χ3v) is 4.03. The Kier molecular flexibility index (Phi) is 5.12. The molecule has 0 atom stereocenters. The van der Waals surface area contributed by atoms with E-state index in [4.69, 9.17) is 4.74 Å². The lowest BCUT2D eigenvalue weighted by molar-refractivity contribution is -0.384. The van der Waals surface area contributed by atoms with Gasteiger partial charge in [-0.05, 0) is 36.8 Å². The number of carbonyl (C=O) groups is 2. The van der Waals surface area contributed by atoms with E-state index >= 15 is 0 Å². The number of carbonyl (C=O) groups excluding carboxylic acids is 2. The number of hydrogen-bond donors (Lipinski definition) is 1. The highest BCUT2D eigenvalue weighted by molar-refractivity contribution is 6.10. The van der Waals surface area contributed by atoms with E-state index in [0.717, 1.165) is 16.6 Å². The van der Waals surface area contributed by atoms with Crippen molar-refractivity contribution < 1.29 is 19.2 Å². The minimum absolute atomic E-state index is 0.0329. The number of aryl methyl sites for hydroxylation is 1. The number of Topliss-reactive ketones (excluding diaryl/α,β-unsaturated/α-hetero) is 1. The van der Waals surface area contributed by atoms with Gasteiger partial charge in [-0.25, -0.2) is 4.79 Å². The van der Waals surface area contributed by atoms with Crippen LogP contribution in [0.25, 0.3) is 17.0 Å². The molecule has 0 amide bonds. The Labute approximate surface area is 154 Å². The number of nitro benzene ring substituents is 1. The number of nitrogens with zero attached hydrogens (tertiary/aromatic N) is 1. The standard InChI is InChI=1S/C20H16N2O5/c1-13-20(16-4-2-3-5-17(16)21-13)18(23)12-27-19(24)11-8-14-6-9-15(10-7-14)22(25)26/h2-11,21H,12H2,1H3/b11-8+. The molecule has 7 heteroatoms. The van der Waals surface area contributed by atoms with Gasteiger partial charge in [-0.3, -0.25) is 14.9 Å². The molecule has 0 aliphatic rings. The Balaban J connectivity index is 1.62. The van der Waals surface area contributed by atoms with E-state index in [9.17, 15) is 19.7 Å². The smallest absolute Gasteiger partial charge is 0.331 e. The van der Waals surface area contributed by atoms with Gasteiger partial charge in [0.1, 0.15) is 0 Å². The molecule has 1 aromatic heterocycles. The van der Waals surface area contributed by atoms with Crippen LogP contribution in [0.4, 0.5) is 5.69 Å². The summed E-state index contributed by atoms with van der Waals surface area (Å²) >= 11 is 0. The van der Waals surface area contributed by atoms with Gasteiger partial charge in [0.2, 0.25) is 5.78 Å². The minimum Gasteiger partial charge on any atom is -0.454 e. The van der Waals surface area contributed by atoms with Crippen molar-refractivity contribution >= 4 is 34.4 Å². The van der Waals surface area contributed by atoms with Crippen LogP contribution in [0.1, 0.15) is 21.6 Å². The molecule has 7 nitrogen and oxygen atoms in total. The number of para-hydroxylation sites is 1. The molecule has 0 bridgehead atoms. The van der Waals surface area contributed by atoms with Gasteiger partial charge in [-0.15, -0.1) is 0 Å². The lowest BCUT2D eigenvalue weighted by Crippen LogP contribution is -2.13. The maximum absolute atomic E-state index is 12.4. The number of hydrogen-bond acceptors (Lipinski definition) is 5. The first kappa shape index (κ1) is 18.1. The van der Waals surface area contributed by atoms with Gasteiger partial charge in [0.15, 0.2) is 6.61 Å². The monoisotopic (exact) mass is 364 g/mol. The second-order valence-electron chi connectivity index (χ2n) is 5.88. The van der Waals surface area contributed by atoms with Crippen molar-refractivity contribution in [2.45, 2.75) is 6.92 Å². The number of benzene rings is 2. The van der Waals surface area contributed by atoms with Gasteiger partial charge in [-0.2, -0.15) is 0 Å². The first-order chi connectivity index (χ1) is 13.0. The highest BCUT2D eigenvalue weighted by Gasteiger charge is 2.16. The van der Waals surface area contributed by atoms with Crippen molar-refractivity contribution in [3.05, 3.63) is 81.5 Å². The number of aromatic amines is 1. The van der Waals surface area contributed by atoms with Gasteiger partial charge in [0, 0.05) is 40.4 Å². The van der Waals surface area contributed by atoms with Crippen molar-refractivity contribution in [3.8, 4) is 0 Å². The summed E-state index contributed by atoms with van der Waals surface area (Å²) in [5.74, 6) is -0.957. The number of ether oxygens (including phenoxy) is 1. The molecule has 0 radical (unpaired) electrons. The summed E-state index contributed by atoms with van der Waals surface area (Å²) in [4.78, 5) is 37.5. The van der Waals surface area contributed by atoms with Gasteiger partial charge < -0.3 is 9.72 Å². The molecule has 0 saturated heterocycles. The molecule has 1 N–H and O–H groups in total. The molecule has 0 aliphatic heterocycles. The number of ketones is 1. The van der Waals surface area contributed by atoms with Crippen LogP contribution >= 0.6 is 0 Å². The van der Waals surface area contributed by atoms with E-state index in [0.29, 0.717) is 11.1 Å². The van der Waals surface area contributed by atoms with E-state index in [-0.39, 0.29) is 18.1 Å². The largest absolute Gasteiger partial charge is 0.454 e. The molecule has 2 aromatic carbocycles. The van der Waals surface area contributed by atoms with Gasteiger partial charge >= 0.3 is 5.97 Å². The first-order valence-electron chi connectivity index (χ1n) is 8.15. The molecule has 0 spiro atoms. The lowest BCUT2D eigenvalue weighted by atomic mass is 10.1. The van der Waals surface area contributed by atoms with Crippen molar-refractivity contribution in [3.63, 3.8) is 0 Å². The van der Waals surface area contributed by atoms with Crippen LogP contribution in [0.3, 0.4) is 0 Å². The summed E-state index contributed by atoms with van der Waals surface area (Å²) < 4.78 is 5.02. The molecular formula is C20H16N2O5. The summed E-state index contributed by atoms with van der Waals surface area (Å²) in [5, 5.41) is 11.4. The fraction of sp³-hybridized carbons (Fsp3) is 0.100. The molecule has 3 rings (SSSR count). The molecule has 0 aliphatic carbocycles. The third-order valence-electron chi connectivity index (χ3n) is 4.03. The normalized spacial score (nSPS) is 11.0. The Morgan fingerprint density at radius 3 is 2.56 bits per heavy atom. The van der Waals surface area contributed by atoms with E-state index in [2.05, 4.69) is 4.98 Å². The second-order valence-corrected chi connectivity index (χ2v) is 5.88. The Morgan fingerprint density at radius 2 is 1.85 bits per heavy atom. The van der Waals surface area contributed by atoms with Crippen LogP contribution in [0.5, 0.6) is 0 Å². The number of non-ortho nitro benzene ring substituents is 1. The third kappa shape index (κ3) is 4.09. The van der Waals surface area contributed by atoms with Crippen molar-refractivity contribution in [2.24, 2.45) is 0 Å². The second kappa shape index (κ2) is 7.65. The van der Waals surface area contributed by atoms with E-state index in [1.165, 1.54) is 36.4 Å². The fourth-order valence-electron chi connectivity index (χ4n) is 2.76. The van der Waals surface area contributed by atoms with Gasteiger partial charge in [0.25, 0.3) is 5.69 Å². The summed E-state index contributed by atoms with van der Waals surface area (Å²) in [5.41, 5.74) is 2.66. The molecule has 0 unspecified atom stereocenters.